The second-order valence-corrected chi connectivity index (χ2v) is 10.4. The Balaban J connectivity index is 1.88. The number of esters is 1. The summed E-state index contributed by atoms with van der Waals surface area (Å²) in [6.07, 6.45) is -4.73. The van der Waals surface area contributed by atoms with Crippen molar-refractivity contribution in [3.05, 3.63) is 57.7 Å². The molecule has 3 aliphatic rings. The van der Waals surface area contributed by atoms with Crippen LogP contribution in [0, 0.1) is 0 Å². The highest BCUT2D eigenvalue weighted by Crippen LogP contribution is 2.65. The van der Waals surface area contributed by atoms with Crippen molar-refractivity contribution in [1.82, 2.24) is 5.32 Å². The molecule has 35 heavy (non-hydrogen) atoms. The van der Waals surface area contributed by atoms with Crippen molar-refractivity contribution < 1.29 is 45.8 Å². The molecule has 0 bridgehead atoms. The van der Waals surface area contributed by atoms with Gasteiger partial charge in [0.1, 0.15) is 0 Å². The normalized spacial score (nSPS) is 28.9. The highest BCUT2D eigenvalue weighted by molar-refractivity contribution is 7.58. The lowest BCUT2D eigenvalue weighted by Crippen LogP contribution is -2.55. The largest absolute Gasteiger partial charge is 0.416 e. The van der Waals surface area contributed by atoms with E-state index in [9.17, 15) is 22.5 Å². The first kappa shape index (κ1) is 25.9. The van der Waals surface area contributed by atoms with Gasteiger partial charge in [0.05, 0.1) is 35.6 Å². The number of allylic oxidation sites excluding steroid dienone is 3. The molecule has 2 saturated heterocycles. The predicted octanol–water partition coefficient (Wildman–Crippen LogP) is 5.53. The molecule has 8 nitrogen and oxygen atoms in total. The van der Waals surface area contributed by atoms with Crippen molar-refractivity contribution in [3.8, 4) is 0 Å². The summed E-state index contributed by atoms with van der Waals surface area (Å²) in [7, 11) is -4.06. The number of benzene rings is 1. The van der Waals surface area contributed by atoms with Crippen LogP contribution in [0.15, 0.2) is 46.5 Å². The topological polar surface area (TPSA) is 92.3 Å². The molecule has 0 saturated carbocycles. The first-order valence-corrected chi connectivity index (χ1v) is 12.8. The zero-order chi connectivity index (χ0) is 25.6. The zero-order valence-corrected chi connectivity index (χ0v) is 20.6. The molecule has 0 spiro atoms. The van der Waals surface area contributed by atoms with Crippen molar-refractivity contribution in [3.63, 3.8) is 0 Å². The number of rotatable bonds is 5. The minimum Gasteiger partial charge on any atom is -0.404 e. The summed E-state index contributed by atoms with van der Waals surface area (Å²) < 4.78 is 83.6. The molecule has 3 heterocycles. The van der Waals surface area contributed by atoms with E-state index in [1.807, 2.05) is 0 Å². The van der Waals surface area contributed by atoms with E-state index in [1.54, 1.807) is 20.8 Å². The molecule has 0 amide bonds. The van der Waals surface area contributed by atoms with Crippen LogP contribution in [0.4, 0.5) is 13.2 Å². The zero-order valence-electron chi connectivity index (χ0n) is 19.7. The van der Waals surface area contributed by atoms with Crippen LogP contribution in [0.1, 0.15) is 57.6 Å². The van der Waals surface area contributed by atoms with Gasteiger partial charge in [-0.2, -0.15) is 13.2 Å². The number of alkyl halides is 3. The molecule has 3 aliphatic heterocycles. The Morgan fingerprint density at radius 2 is 1.80 bits per heavy atom. The Hall–Kier alpha value is -2.17. The summed E-state index contributed by atoms with van der Waals surface area (Å²) in [6, 6.07) is 4.83. The van der Waals surface area contributed by atoms with Crippen molar-refractivity contribution in [2.45, 2.75) is 64.9 Å². The number of carbonyl (C=O) groups is 1. The smallest absolute Gasteiger partial charge is 0.404 e. The third-order valence-electron chi connectivity index (χ3n) is 6.00. The van der Waals surface area contributed by atoms with Crippen LogP contribution in [0.3, 0.4) is 0 Å². The van der Waals surface area contributed by atoms with Crippen LogP contribution in [-0.2, 0) is 38.8 Å². The number of nitrogens with one attached hydrogen (secondary N) is 1. The lowest BCUT2D eigenvalue weighted by molar-refractivity contribution is -0.523. The molecule has 2 fully saturated rings. The van der Waals surface area contributed by atoms with Crippen LogP contribution in [0.5, 0.6) is 0 Å². The molecule has 1 aromatic carbocycles. The van der Waals surface area contributed by atoms with Gasteiger partial charge in [-0.3, -0.25) is 14.0 Å². The van der Waals surface area contributed by atoms with Gasteiger partial charge in [0.15, 0.2) is 6.29 Å². The Labute approximate surface area is 200 Å². The van der Waals surface area contributed by atoms with Gasteiger partial charge in [-0.1, -0.05) is 25.1 Å². The van der Waals surface area contributed by atoms with Crippen molar-refractivity contribution >= 4 is 13.6 Å². The quantitative estimate of drug-likeness (QED) is 0.403. The number of dihydropyridines is 1. The summed E-state index contributed by atoms with van der Waals surface area (Å²) in [5, 5.41) is 2.88. The minimum absolute atomic E-state index is 0.0687. The van der Waals surface area contributed by atoms with Gasteiger partial charge in [-0.25, -0.2) is 4.79 Å². The second kappa shape index (κ2) is 9.37. The molecule has 0 aromatic heterocycles. The molecule has 4 rings (SSSR count). The van der Waals surface area contributed by atoms with E-state index < -0.39 is 43.5 Å². The van der Waals surface area contributed by atoms with Gasteiger partial charge < -0.3 is 19.1 Å². The van der Waals surface area contributed by atoms with E-state index >= 15 is 0 Å². The number of halogens is 3. The molecule has 0 radical (unpaired) electrons. The maximum atomic E-state index is 14.1. The molecule has 192 valence electrons. The fraction of sp³-hybridized carbons (Fsp3) is 0.522. The third kappa shape index (κ3) is 4.80. The lowest BCUT2D eigenvalue weighted by Gasteiger charge is -2.44. The van der Waals surface area contributed by atoms with Crippen LogP contribution in [0.2, 0.25) is 0 Å². The fourth-order valence-corrected chi connectivity index (χ4v) is 6.67. The van der Waals surface area contributed by atoms with E-state index in [2.05, 4.69) is 5.32 Å². The fourth-order valence-electron chi connectivity index (χ4n) is 4.53. The Morgan fingerprint density at radius 3 is 2.37 bits per heavy atom. The number of hydrogen-bond donors (Lipinski definition) is 1. The van der Waals surface area contributed by atoms with Crippen molar-refractivity contribution in [2.75, 3.05) is 13.2 Å². The average Bonchev–Trinajstić information content (AvgIpc) is 2.76. The van der Waals surface area contributed by atoms with E-state index in [0.29, 0.717) is 6.42 Å². The molecule has 1 unspecified atom stereocenters. The molecule has 1 aromatic rings. The standard InChI is InChI=1S/C23H27F3NO7P/c1-5-22(32-15(4)33-22)34-21(28)18-13(2)27-14(3)20(35(29)30-11-8-12-31-35)19(18)16-9-6-7-10-17(16)23(24,25)26/h6-7,9-10,15,19,27H,5,8,11-12H2,1-4H3. The summed E-state index contributed by atoms with van der Waals surface area (Å²) in [5.74, 6) is -4.05. The third-order valence-corrected chi connectivity index (χ3v) is 8.23. The van der Waals surface area contributed by atoms with Gasteiger partial charge >= 0.3 is 25.7 Å². The maximum Gasteiger partial charge on any atom is 0.416 e. The highest BCUT2D eigenvalue weighted by atomic mass is 31.2. The van der Waals surface area contributed by atoms with E-state index in [4.69, 9.17) is 23.3 Å². The summed E-state index contributed by atoms with van der Waals surface area (Å²) in [6.45, 7) is 6.57. The van der Waals surface area contributed by atoms with Gasteiger partial charge in [0.2, 0.25) is 0 Å². The van der Waals surface area contributed by atoms with Crippen molar-refractivity contribution in [1.29, 1.82) is 0 Å². The number of carbonyl (C=O) groups excluding carboxylic acids is 1. The number of ether oxygens (including phenoxy) is 3. The van der Waals surface area contributed by atoms with Gasteiger partial charge in [0.25, 0.3) is 0 Å². The maximum absolute atomic E-state index is 14.1. The monoisotopic (exact) mass is 517 g/mol. The Kier molecular flexibility index (Phi) is 6.93. The molecule has 12 heteroatoms. The van der Waals surface area contributed by atoms with E-state index in [1.165, 1.54) is 25.1 Å². The molecule has 0 aliphatic carbocycles. The van der Waals surface area contributed by atoms with Gasteiger partial charge in [-0.05, 0) is 38.8 Å². The van der Waals surface area contributed by atoms with Gasteiger partial charge in [-0.15, -0.1) is 0 Å². The van der Waals surface area contributed by atoms with Crippen LogP contribution in [-0.4, -0.2) is 31.4 Å². The Bertz CT molecular complexity index is 1110. The first-order chi connectivity index (χ1) is 16.4. The van der Waals surface area contributed by atoms with E-state index in [0.717, 1.165) is 6.07 Å². The summed E-state index contributed by atoms with van der Waals surface area (Å²) >= 11 is 0. The molecular formula is C23H27F3NO7P. The van der Waals surface area contributed by atoms with Crippen LogP contribution >= 0.6 is 7.60 Å². The molecule has 1 atom stereocenters. The number of hydrogen-bond acceptors (Lipinski definition) is 8. The SMILES string of the molecule is CCC1(OC(=O)C2=C(C)NC(C)=C(P3(=O)OCCCO3)C2c2ccccc2C(F)(F)F)OC(C)O1. The first-order valence-electron chi connectivity index (χ1n) is 11.2. The van der Waals surface area contributed by atoms with Gasteiger partial charge in [0, 0.05) is 17.8 Å². The molecule has 1 N–H and O–H groups in total. The highest BCUT2D eigenvalue weighted by Gasteiger charge is 2.52. The molecular weight excluding hydrogens is 490 g/mol. The summed E-state index contributed by atoms with van der Waals surface area (Å²) in [4.78, 5) is 13.5. The summed E-state index contributed by atoms with van der Waals surface area (Å²) in [5.41, 5.74) is -0.907. The second-order valence-electron chi connectivity index (χ2n) is 8.44. The predicted molar refractivity (Wildman–Crippen MR) is 118 cm³/mol. The average molecular weight is 517 g/mol. The minimum atomic E-state index is -4.74. The van der Waals surface area contributed by atoms with Crippen LogP contribution in [0.25, 0.3) is 0 Å². The van der Waals surface area contributed by atoms with Crippen molar-refractivity contribution in [2.24, 2.45) is 0 Å². The van der Waals surface area contributed by atoms with E-state index in [-0.39, 0.29) is 47.5 Å². The van der Waals surface area contributed by atoms with Crippen LogP contribution < -0.4 is 5.32 Å². The lowest BCUT2D eigenvalue weighted by atomic mass is 9.83. The Morgan fingerprint density at radius 1 is 1.17 bits per heavy atom.